The van der Waals surface area contributed by atoms with Gasteiger partial charge in [0.1, 0.15) is 0 Å². The average molecular weight is 269 g/mol. The Balaban J connectivity index is 2.04. The van der Waals surface area contributed by atoms with Gasteiger partial charge in [-0.2, -0.15) is 0 Å². The number of hydrogen-bond donors (Lipinski definition) is 1. The van der Waals surface area contributed by atoms with Crippen LogP contribution in [0.2, 0.25) is 0 Å². The van der Waals surface area contributed by atoms with E-state index < -0.39 is 11.4 Å². The smallest absolute Gasteiger partial charge is 0.311 e. The zero-order chi connectivity index (χ0) is 14.0. The molecule has 2 rings (SSSR count). The summed E-state index contributed by atoms with van der Waals surface area (Å²) in [6.45, 7) is 5.46. The predicted octanol–water partition coefficient (Wildman–Crippen LogP) is 1.51. The summed E-state index contributed by atoms with van der Waals surface area (Å²) in [6, 6.07) is 0. The second-order valence-corrected chi connectivity index (χ2v) is 5.66. The number of amides is 1. The largest absolute Gasteiger partial charge is 0.481 e. The number of carbonyl (C=O) groups is 2. The summed E-state index contributed by atoms with van der Waals surface area (Å²) in [5.74, 6) is -0.771. The Hall–Kier alpha value is -1.10. The van der Waals surface area contributed by atoms with E-state index in [0.29, 0.717) is 32.5 Å². The zero-order valence-corrected chi connectivity index (χ0v) is 11.7. The molecule has 1 N–H and O–H groups in total. The topological polar surface area (TPSA) is 66.8 Å². The van der Waals surface area contributed by atoms with Crippen molar-refractivity contribution in [1.82, 2.24) is 4.90 Å². The molecular formula is C14H23NO4. The van der Waals surface area contributed by atoms with Crippen molar-refractivity contribution in [1.29, 1.82) is 0 Å². The van der Waals surface area contributed by atoms with Gasteiger partial charge in [-0.05, 0) is 25.7 Å². The first-order chi connectivity index (χ1) is 9.04. The fourth-order valence-corrected chi connectivity index (χ4v) is 3.24. The quantitative estimate of drug-likeness (QED) is 0.840. The summed E-state index contributed by atoms with van der Waals surface area (Å²) in [5.41, 5.74) is -0.739. The first-order valence-electron chi connectivity index (χ1n) is 7.18. The Bertz CT molecular complexity index is 370. The number of likely N-dealkylation sites (tertiary alicyclic amines) is 1. The molecule has 3 atom stereocenters. The molecule has 1 amide bonds. The lowest BCUT2D eigenvalue weighted by molar-refractivity contribution is -0.149. The van der Waals surface area contributed by atoms with Crippen LogP contribution in [-0.4, -0.2) is 47.7 Å². The van der Waals surface area contributed by atoms with Crippen LogP contribution in [0.15, 0.2) is 0 Å². The molecule has 5 heteroatoms. The molecule has 2 saturated heterocycles. The summed E-state index contributed by atoms with van der Waals surface area (Å²) >= 11 is 0. The molecular weight excluding hydrogens is 246 g/mol. The Morgan fingerprint density at radius 1 is 1.42 bits per heavy atom. The number of carboxylic acid groups (broad SMARTS) is 1. The van der Waals surface area contributed by atoms with Crippen LogP contribution >= 0.6 is 0 Å². The normalized spacial score (nSPS) is 34.7. The van der Waals surface area contributed by atoms with Crippen LogP contribution in [-0.2, 0) is 14.3 Å². The molecule has 108 valence electrons. The van der Waals surface area contributed by atoms with Crippen molar-refractivity contribution in [2.24, 2.45) is 11.3 Å². The minimum atomic E-state index is -0.778. The molecule has 5 nitrogen and oxygen atoms in total. The third kappa shape index (κ3) is 2.48. The summed E-state index contributed by atoms with van der Waals surface area (Å²) in [6.07, 6.45) is 2.75. The van der Waals surface area contributed by atoms with Crippen molar-refractivity contribution < 1.29 is 19.4 Å². The van der Waals surface area contributed by atoms with E-state index in [2.05, 4.69) is 0 Å². The van der Waals surface area contributed by atoms with Crippen LogP contribution in [0.5, 0.6) is 0 Å². The van der Waals surface area contributed by atoms with E-state index >= 15 is 0 Å². The van der Waals surface area contributed by atoms with E-state index in [0.717, 1.165) is 12.8 Å². The summed E-state index contributed by atoms with van der Waals surface area (Å²) < 4.78 is 5.56. The molecule has 0 aromatic rings. The first kappa shape index (κ1) is 14.3. The minimum Gasteiger partial charge on any atom is -0.481 e. The van der Waals surface area contributed by atoms with E-state index in [9.17, 15) is 14.7 Å². The highest BCUT2D eigenvalue weighted by Crippen LogP contribution is 2.36. The molecule has 0 bridgehead atoms. The molecule has 2 heterocycles. The van der Waals surface area contributed by atoms with Crippen molar-refractivity contribution >= 4 is 11.9 Å². The van der Waals surface area contributed by atoms with Crippen molar-refractivity contribution in [3.63, 3.8) is 0 Å². The highest BCUT2D eigenvalue weighted by Gasteiger charge is 2.47. The molecule has 2 aliphatic rings. The SMILES string of the molecule is CCC1OCCC1C(=O)N1CCC(CC)(C(=O)O)C1. The van der Waals surface area contributed by atoms with Crippen LogP contribution in [0.3, 0.4) is 0 Å². The lowest BCUT2D eigenvalue weighted by atomic mass is 9.84. The highest BCUT2D eigenvalue weighted by molar-refractivity contribution is 5.82. The fourth-order valence-electron chi connectivity index (χ4n) is 3.24. The third-order valence-corrected chi connectivity index (χ3v) is 4.73. The van der Waals surface area contributed by atoms with E-state index in [1.54, 1.807) is 4.90 Å². The van der Waals surface area contributed by atoms with Gasteiger partial charge in [0, 0.05) is 19.7 Å². The second kappa shape index (κ2) is 5.49. The lowest BCUT2D eigenvalue weighted by Crippen LogP contribution is -2.41. The Morgan fingerprint density at radius 3 is 2.68 bits per heavy atom. The van der Waals surface area contributed by atoms with Crippen molar-refractivity contribution in [2.45, 2.75) is 45.6 Å². The van der Waals surface area contributed by atoms with Gasteiger partial charge in [0.15, 0.2) is 0 Å². The van der Waals surface area contributed by atoms with Crippen LogP contribution < -0.4 is 0 Å². The average Bonchev–Trinajstić information content (AvgIpc) is 3.05. The standard InChI is InChI=1S/C14H23NO4/c1-3-11-10(5-8-19-11)12(16)15-7-6-14(4-2,9-15)13(17)18/h10-11H,3-9H2,1-2H3,(H,17,18). The zero-order valence-electron chi connectivity index (χ0n) is 11.7. The molecule has 0 spiro atoms. The van der Waals surface area contributed by atoms with Gasteiger partial charge < -0.3 is 14.7 Å². The van der Waals surface area contributed by atoms with Crippen LogP contribution in [0.25, 0.3) is 0 Å². The maximum atomic E-state index is 12.5. The van der Waals surface area contributed by atoms with Crippen molar-refractivity contribution in [3.8, 4) is 0 Å². The molecule has 0 radical (unpaired) electrons. The number of hydrogen-bond acceptors (Lipinski definition) is 3. The molecule has 0 aliphatic carbocycles. The molecule has 0 saturated carbocycles. The Kier molecular flexibility index (Phi) is 4.13. The third-order valence-electron chi connectivity index (χ3n) is 4.73. The molecule has 0 aromatic carbocycles. The van der Waals surface area contributed by atoms with Gasteiger partial charge in [-0.25, -0.2) is 0 Å². The predicted molar refractivity (Wildman–Crippen MR) is 69.7 cm³/mol. The number of carboxylic acids is 1. The highest BCUT2D eigenvalue weighted by atomic mass is 16.5. The lowest BCUT2D eigenvalue weighted by Gasteiger charge is -2.26. The maximum absolute atomic E-state index is 12.5. The monoisotopic (exact) mass is 269 g/mol. The van der Waals surface area contributed by atoms with E-state index in [1.165, 1.54) is 0 Å². The Labute approximate surface area is 113 Å². The van der Waals surface area contributed by atoms with Crippen LogP contribution in [0.1, 0.15) is 39.5 Å². The van der Waals surface area contributed by atoms with Gasteiger partial charge in [-0.3, -0.25) is 9.59 Å². The van der Waals surface area contributed by atoms with Crippen LogP contribution in [0.4, 0.5) is 0 Å². The number of carbonyl (C=O) groups excluding carboxylic acids is 1. The van der Waals surface area contributed by atoms with Gasteiger partial charge >= 0.3 is 5.97 Å². The second-order valence-electron chi connectivity index (χ2n) is 5.66. The van der Waals surface area contributed by atoms with E-state index in [-0.39, 0.29) is 17.9 Å². The summed E-state index contributed by atoms with van der Waals surface area (Å²) in [4.78, 5) is 25.6. The molecule has 3 unspecified atom stereocenters. The number of nitrogens with zero attached hydrogens (tertiary/aromatic N) is 1. The van der Waals surface area contributed by atoms with Gasteiger partial charge in [-0.1, -0.05) is 13.8 Å². The number of aliphatic carboxylic acids is 1. The van der Waals surface area contributed by atoms with Gasteiger partial charge in [0.05, 0.1) is 17.4 Å². The number of ether oxygens (including phenoxy) is 1. The fraction of sp³-hybridized carbons (Fsp3) is 0.857. The van der Waals surface area contributed by atoms with Crippen molar-refractivity contribution in [3.05, 3.63) is 0 Å². The van der Waals surface area contributed by atoms with E-state index in [1.807, 2.05) is 13.8 Å². The van der Waals surface area contributed by atoms with Gasteiger partial charge in [-0.15, -0.1) is 0 Å². The molecule has 0 aromatic heterocycles. The Morgan fingerprint density at radius 2 is 2.16 bits per heavy atom. The van der Waals surface area contributed by atoms with E-state index in [4.69, 9.17) is 4.74 Å². The van der Waals surface area contributed by atoms with Gasteiger partial charge in [0.25, 0.3) is 0 Å². The van der Waals surface area contributed by atoms with Gasteiger partial charge in [0.2, 0.25) is 5.91 Å². The first-order valence-corrected chi connectivity index (χ1v) is 7.18. The minimum absolute atomic E-state index is 0.00829. The molecule has 2 aliphatic heterocycles. The van der Waals surface area contributed by atoms with Crippen LogP contribution in [0, 0.1) is 11.3 Å². The molecule has 2 fully saturated rings. The summed E-state index contributed by atoms with van der Waals surface area (Å²) in [5, 5.41) is 9.36. The van der Waals surface area contributed by atoms with Crippen molar-refractivity contribution in [2.75, 3.05) is 19.7 Å². The molecule has 19 heavy (non-hydrogen) atoms. The maximum Gasteiger partial charge on any atom is 0.311 e. The number of rotatable bonds is 4. The summed E-state index contributed by atoms with van der Waals surface area (Å²) in [7, 11) is 0.